The van der Waals surface area contributed by atoms with E-state index in [4.69, 9.17) is 0 Å². The standard InChI is InChI=1S/4C15H22O3.Pb/c4*1-14(2,3)9-7-10(13(17)18)12(16)11(8-9)15(4,5)6;/h4*7-8,16H,1-6H3,(H,17,18);/q;;;;+4/p-4. The van der Waals surface area contributed by atoms with Crippen molar-refractivity contribution in [2.45, 2.75) is 209 Å². The van der Waals surface area contributed by atoms with Crippen LogP contribution < -0.4 is 20.4 Å². The van der Waals surface area contributed by atoms with Gasteiger partial charge in [0, 0.05) is 44.5 Å². The molecule has 400 valence electrons. The zero-order valence-corrected chi connectivity index (χ0v) is 52.1. The Balaban J connectivity index is 0.000000943. The Morgan fingerprint density at radius 2 is 0.397 bits per heavy atom. The van der Waals surface area contributed by atoms with E-state index in [0.717, 1.165) is 22.3 Å². The molecule has 0 unspecified atom stereocenters. The van der Waals surface area contributed by atoms with Gasteiger partial charge in [0.15, 0.2) is 0 Å². The van der Waals surface area contributed by atoms with E-state index in [1.165, 1.54) is 24.3 Å². The average molecular weight is 1200 g/mol. The normalized spacial score (nSPS) is 12.4. The molecule has 0 saturated carbocycles. The molecule has 4 aromatic carbocycles. The first-order chi connectivity index (χ1) is 31.8. The Bertz CT molecular complexity index is 2270. The summed E-state index contributed by atoms with van der Waals surface area (Å²) in [5, 5.41) is 84.7. The molecule has 0 aliphatic rings. The largest absolute Gasteiger partial charge is 4.00 e. The summed E-state index contributed by atoms with van der Waals surface area (Å²) in [5.74, 6) is -6.11. The Labute approximate surface area is 456 Å². The van der Waals surface area contributed by atoms with Crippen LogP contribution in [0.15, 0.2) is 48.5 Å². The summed E-state index contributed by atoms with van der Waals surface area (Å²) in [6, 6.07) is 13.5. The monoisotopic (exact) mass is 1200 g/mol. The summed E-state index contributed by atoms with van der Waals surface area (Å²) in [5.41, 5.74) is 3.50. The first-order valence-corrected chi connectivity index (χ1v) is 24.1. The maximum absolute atomic E-state index is 11.1. The zero-order valence-electron chi connectivity index (χ0n) is 48.2. The quantitative estimate of drug-likeness (QED) is 0.140. The number of phenols is 4. The second kappa shape index (κ2) is 23.6. The molecule has 73 heavy (non-hydrogen) atoms. The van der Waals surface area contributed by atoms with Gasteiger partial charge in [-0.2, -0.15) is 0 Å². The number of carbonyl (C=O) groups excluding carboxylic acids is 4. The number of aromatic hydroxyl groups is 4. The van der Waals surface area contributed by atoms with Crippen molar-refractivity contribution in [2.24, 2.45) is 0 Å². The third-order valence-corrected chi connectivity index (χ3v) is 12.0. The molecule has 0 radical (unpaired) electrons. The number of benzene rings is 4. The zero-order chi connectivity index (χ0) is 57.2. The fraction of sp³-hybridized carbons (Fsp3) is 0.533. The second-order valence-electron chi connectivity index (χ2n) is 26.8. The van der Waals surface area contributed by atoms with E-state index < -0.39 is 23.9 Å². The predicted octanol–water partition coefficient (Wildman–Crippen LogP) is 9.02. The molecule has 0 saturated heterocycles. The predicted molar refractivity (Wildman–Crippen MR) is 285 cm³/mol. The van der Waals surface area contributed by atoms with Gasteiger partial charge in [-0.15, -0.1) is 0 Å². The maximum Gasteiger partial charge on any atom is 4.00 e. The molecule has 12 nitrogen and oxygen atoms in total. The van der Waals surface area contributed by atoms with E-state index >= 15 is 0 Å². The van der Waals surface area contributed by atoms with Crippen LogP contribution in [0, 0.1) is 0 Å². The van der Waals surface area contributed by atoms with Gasteiger partial charge in [-0.1, -0.05) is 190 Å². The molecular formula is C60H84O12Pb. The molecule has 4 aromatic rings. The van der Waals surface area contributed by atoms with Gasteiger partial charge in [0.1, 0.15) is 23.0 Å². The van der Waals surface area contributed by atoms with Gasteiger partial charge in [-0.05, 0) is 89.8 Å². The smallest absolute Gasteiger partial charge is 0.545 e. The fourth-order valence-corrected chi connectivity index (χ4v) is 7.18. The minimum Gasteiger partial charge on any atom is -0.545 e. The van der Waals surface area contributed by atoms with Crippen molar-refractivity contribution in [1.82, 2.24) is 0 Å². The van der Waals surface area contributed by atoms with Crippen LogP contribution in [0.1, 0.15) is 252 Å². The third kappa shape index (κ3) is 18.6. The van der Waals surface area contributed by atoms with E-state index in [-0.39, 0.29) is 116 Å². The summed E-state index contributed by atoms with van der Waals surface area (Å²) >= 11 is 0. The SMILES string of the molecule is CC(C)(C)c1cc(C(=O)[O-])c(O)c(C(C)(C)C)c1.CC(C)(C)c1cc(C(=O)[O-])c(O)c(C(C)(C)C)c1.CC(C)(C)c1cc(C(=O)[O-])c(O)c(C(C)(C)C)c1.CC(C)(C)c1cc(C(=O)[O-])c(O)c(C(C)(C)C)c1.[Pb+4]. The summed E-state index contributed by atoms with van der Waals surface area (Å²) in [4.78, 5) is 44.4. The first kappa shape index (κ1) is 67.9. The van der Waals surface area contributed by atoms with Crippen LogP contribution in [0.25, 0.3) is 0 Å². The number of carbonyl (C=O) groups is 4. The van der Waals surface area contributed by atoms with Crippen LogP contribution in [-0.2, 0) is 43.3 Å². The Hall–Kier alpha value is -5.12. The van der Waals surface area contributed by atoms with E-state index in [0.29, 0.717) is 22.3 Å². The average Bonchev–Trinajstić information content (AvgIpc) is 3.14. The van der Waals surface area contributed by atoms with Gasteiger partial charge in [0.2, 0.25) is 0 Å². The number of aromatic carboxylic acids is 4. The van der Waals surface area contributed by atoms with Crippen LogP contribution in [0.3, 0.4) is 0 Å². The van der Waals surface area contributed by atoms with Gasteiger partial charge in [-0.25, -0.2) is 0 Å². The van der Waals surface area contributed by atoms with Gasteiger partial charge in [0.25, 0.3) is 0 Å². The van der Waals surface area contributed by atoms with Crippen LogP contribution >= 0.6 is 0 Å². The molecule has 0 bridgehead atoms. The third-order valence-electron chi connectivity index (χ3n) is 12.0. The fourth-order valence-electron chi connectivity index (χ4n) is 7.18. The topological polar surface area (TPSA) is 241 Å². The maximum atomic E-state index is 11.1. The Kier molecular flexibility index (Phi) is 22.0. The molecule has 0 amide bonds. The number of hydrogen-bond acceptors (Lipinski definition) is 12. The Morgan fingerprint density at radius 3 is 0.479 bits per heavy atom. The van der Waals surface area contributed by atoms with E-state index in [2.05, 4.69) is 0 Å². The van der Waals surface area contributed by atoms with Gasteiger partial charge < -0.3 is 60.0 Å². The van der Waals surface area contributed by atoms with Crippen LogP contribution in [0.4, 0.5) is 0 Å². The van der Waals surface area contributed by atoms with E-state index in [1.807, 2.05) is 190 Å². The van der Waals surface area contributed by atoms with Crippen molar-refractivity contribution in [3.8, 4) is 23.0 Å². The summed E-state index contributed by atoms with van der Waals surface area (Å²) < 4.78 is 0. The number of hydrogen-bond donors (Lipinski definition) is 4. The molecule has 0 aliphatic heterocycles. The first-order valence-electron chi connectivity index (χ1n) is 24.1. The summed E-state index contributed by atoms with van der Waals surface area (Å²) in [6.45, 7) is 47.3. The van der Waals surface area contributed by atoms with Crippen LogP contribution in [-0.4, -0.2) is 71.6 Å². The molecule has 13 heteroatoms. The molecule has 0 aromatic heterocycles. The molecule has 0 spiro atoms. The van der Waals surface area contributed by atoms with Gasteiger partial charge in [-0.3, -0.25) is 0 Å². The molecule has 0 atom stereocenters. The molecule has 0 heterocycles. The molecular weight excluding hydrogens is 1120 g/mol. The summed E-state index contributed by atoms with van der Waals surface area (Å²) in [7, 11) is 0. The van der Waals surface area contributed by atoms with Crippen molar-refractivity contribution in [2.75, 3.05) is 0 Å². The number of rotatable bonds is 4. The second-order valence-corrected chi connectivity index (χ2v) is 26.8. The van der Waals surface area contributed by atoms with Crippen molar-refractivity contribution in [1.29, 1.82) is 0 Å². The number of carboxylic acid groups (broad SMARTS) is 4. The minimum absolute atomic E-state index is 0. The Morgan fingerprint density at radius 1 is 0.274 bits per heavy atom. The van der Waals surface area contributed by atoms with Gasteiger partial charge >= 0.3 is 27.3 Å². The van der Waals surface area contributed by atoms with Crippen LogP contribution in [0.2, 0.25) is 0 Å². The van der Waals surface area contributed by atoms with E-state index in [9.17, 15) is 60.0 Å². The van der Waals surface area contributed by atoms with Gasteiger partial charge in [0.05, 0.1) is 23.9 Å². The minimum atomic E-state index is -1.34. The van der Waals surface area contributed by atoms with Crippen molar-refractivity contribution < 1.29 is 60.0 Å². The molecule has 0 fully saturated rings. The summed E-state index contributed by atoms with van der Waals surface area (Å²) in [6.07, 6.45) is 0. The van der Waals surface area contributed by atoms with Crippen LogP contribution in [0.5, 0.6) is 23.0 Å². The van der Waals surface area contributed by atoms with Crippen molar-refractivity contribution >= 4 is 51.2 Å². The van der Waals surface area contributed by atoms with E-state index in [1.54, 1.807) is 0 Å². The molecule has 4 rings (SSSR count). The number of carboxylic acids is 4. The van der Waals surface area contributed by atoms with Crippen molar-refractivity contribution in [3.63, 3.8) is 0 Å². The molecule has 0 aliphatic carbocycles. The molecule has 4 N–H and O–H groups in total. The van der Waals surface area contributed by atoms with Crippen molar-refractivity contribution in [3.05, 3.63) is 115 Å².